The summed E-state index contributed by atoms with van der Waals surface area (Å²) >= 11 is 0. The molecule has 4 rings (SSSR count). The normalized spacial score (nSPS) is 13.2. The van der Waals surface area contributed by atoms with Gasteiger partial charge in [-0.05, 0) is 43.5 Å². The number of carbonyl (C=O) groups is 1. The SMILES string of the molecule is Cc1cccc(Oc2cc(NC(=O)Cn3nc(C(F)F)cc3C3CC3)cc([N+](=O)[O-])c2)c1. The predicted octanol–water partition coefficient (Wildman–Crippen LogP) is 5.35. The molecule has 1 aliphatic carbocycles. The van der Waals surface area contributed by atoms with Crippen LogP contribution in [-0.2, 0) is 11.3 Å². The number of benzene rings is 2. The van der Waals surface area contributed by atoms with E-state index in [4.69, 9.17) is 4.74 Å². The van der Waals surface area contributed by atoms with E-state index in [1.807, 2.05) is 13.0 Å². The molecule has 0 spiro atoms. The van der Waals surface area contributed by atoms with Crippen LogP contribution in [0.15, 0.2) is 48.5 Å². The van der Waals surface area contributed by atoms with Crippen LogP contribution in [0.3, 0.4) is 0 Å². The Balaban J connectivity index is 1.54. The lowest BCUT2D eigenvalue weighted by molar-refractivity contribution is -0.384. The molecule has 1 saturated carbocycles. The molecule has 1 N–H and O–H groups in total. The number of non-ortho nitro benzene ring substituents is 1. The third kappa shape index (κ3) is 5.08. The fourth-order valence-corrected chi connectivity index (χ4v) is 3.36. The number of carbonyl (C=O) groups excluding carboxylic acids is 1. The standard InChI is InChI=1S/C22H20F2N4O4/c1-13-3-2-4-17(7-13)32-18-9-15(8-16(10-18)28(30)31)25-21(29)12-27-20(14-5-6-14)11-19(26-27)22(23)24/h2-4,7-11,14,22H,5-6,12H2,1H3,(H,25,29). The van der Waals surface area contributed by atoms with Gasteiger partial charge in [-0.3, -0.25) is 19.6 Å². The smallest absolute Gasteiger partial charge is 0.282 e. The minimum absolute atomic E-state index is 0.120. The zero-order valence-corrected chi connectivity index (χ0v) is 17.1. The highest BCUT2D eigenvalue weighted by atomic mass is 19.3. The first-order valence-corrected chi connectivity index (χ1v) is 9.98. The van der Waals surface area contributed by atoms with Crippen LogP contribution in [0.2, 0.25) is 0 Å². The zero-order chi connectivity index (χ0) is 22.8. The predicted molar refractivity (Wildman–Crippen MR) is 112 cm³/mol. The van der Waals surface area contributed by atoms with Crippen LogP contribution in [0, 0.1) is 17.0 Å². The first kappa shape index (κ1) is 21.4. The van der Waals surface area contributed by atoms with Crippen molar-refractivity contribution in [3.8, 4) is 11.5 Å². The van der Waals surface area contributed by atoms with E-state index in [0.717, 1.165) is 18.4 Å². The number of aryl methyl sites for hydroxylation is 1. The molecule has 166 valence electrons. The number of nitrogens with one attached hydrogen (secondary N) is 1. The Bertz CT molecular complexity index is 1170. The number of nitrogens with zero attached hydrogens (tertiary/aromatic N) is 3. The second-order valence-electron chi connectivity index (χ2n) is 7.67. The zero-order valence-electron chi connectivity index (χ0n) is 17.1. The summed E-state index contributed by atoms with van der Waals surface area (Å²) in [6.07, 6.45) is -1.00. The molecule has 32 heavy (non-hydrogen) atoms. The number of halogens is 2. The lowest BCUT2D eigenvalue weighted by atomic mass is 10.2. The van der Waals surface area contributed by atoms with Gasteiger partial charge in [0, 0.05) is 23.7 Å². The molecule has 0 aliphatic heterocycles. The molecule has 8 nitrogen and oxygen atoms in total. The topological polar surface area (TPSA) is 99.3 Å². The number of alkyl halides is 2. The van der Waals surface area contributed by atoms with Crippen molar-refractivity contribution < 1.29 is 23.2 Å². The second-order valence-corrected chi connectivity index (χ2v) is 7.67. The molecule has 3 aromatic rings. The summed E-state index contributed by atoms with van der Waals surface area (Å²) in [6.45, 7) is 1.60. The van der Waals surface area contributed by atoms with Gasteiger partial charge in [0.2, 0.25) is 5.91 Å². The lowest BCUT2D eigenvalue weighted by Crippen LogP contribution is -2.21. The van der Waals surface area contributed by atoms with Crippen molar-refractivity contribution in [3.63, 3.8) is 0 Å². The average Bonchev–Trinajstić information content (AvgIpc) is 3.47. The Morgan fingerprint density at radius 2 is 2.03 bits per heavy atom. The van der Waals surface area contributed by atoms with Gasteiger partial charge in [-0.25, -0.2) is 8.78 Å². The molecule has 0 unspecified atom stereocenters. The molecule has 1 fully saturated rings. The molecular weight excluding hydrogens is 422 g/mol. The third-order valence-corrected chi connectivity index (χ3v) is 4.95. The van der Waals surface area contributed by atoms with Crippen LogP contribution in [0.5, 0.6) is 11.5 Å². The molecule has 1 aromatic heterocycles. The summed E-state index contributed by atoms with van der Waals surface area (Å²) in [5.74, 6) is 0.249. The number of nitro benzene ring substituents is 1. The van der Waals surface area contributed by atoms with Crippen LogP contribution in [0.25, 0.3) is 0 Å². The van der Waals surface area contributed by atoms with Gasteiger partial charge in [0.1, 0.15) is 23.7 Å². The van der Waals surface area contributed by atoms with E-state index in [-0.39, 0.29) is 35.3 Å². The van der Waals surface area contributed by atoms with Crippen molar-refractivity contribution >= 4 is 17.3 Å². The van der Waals surface area contributed by atoms with Gasteiger partial charge in [0.05, 0.1) is 16.7 Å². The molecule has 1 aliphatic rings. The molecule has 0 atom stereocenters. The molecule has 0 bridgehead atoms. The van der Waals surface area contributed by atoms with E-state index in [0.29, 0.717) is 11.4 Å². The van der Waals surface area contributed by atoms with Crippen molar-refractivity contribution in [3.05, 3.63) is 75.6 Å². The van der Waals surface area contributed by atoms with Crippen molar-refractivity contribution in [2.75, 3.05) is 5.32 Å². The monoisotopic (exact) mass is 442 g/mol. The number of ether oxygens (including phenoxy) is 1. The number of amides is 1. The summed E-state index contributed by atoms with van der Waals surface area (Å²) in [6, 6.07) is 12.4. The summed E-state index contributed by atoms with van der Waals surface area (Å²) in [5.41, 5.74) is 1.07. The number of hydrogen-bond acceptors (Lipinski definition) is 5. The van der Waals surface area contributed by atoms with Crippen LogP contribution in [0.1, 0.15) is 42.1 Å². The maximum absolute atomic E-state index is 13.0. The fraction of sp³-hybridized carbons (Fsp3) is 0.273. The Kier molecular flexibility index (Phi) is 5.85. The van der Waals surface area contributed by atoms with Crippen molar-refractivity contribution in [2.45, 2.75) is 38.7 Å². The Hall–Kier alpha value is -3.82. The van der Waals surface area contributed by atoms with Gasteiger partial charge >= 0.3 is 0 Å². The Labute approximate surface area is 182 Å². The molecule has 10 heteroatoms. The van der Waals surface area contributed by atoms with Gasteiger partial charge in [0.15, 0.2) is 0 Å². The van der Waals surface area contributed by atoms with Crippen LogP contribution < -0.4 is 10.1 Å². The quantitative estimate of drug-likeness (QED) is 0.375. The summed E-state index contributed by atoms with van der Waals surface area (Å²) < 4.78 is 33.1. The number of rotatable bonds is 8. The van der Waals surface area contributed by atoms with Crippen LogP contribution in [0.4, 0.5) is 20.2 Å². The second kappa shape index (κ2) is 8.74. The van der Waals surface area contributed by atoms with E-state index in [1.54, 1.807) is 18.2 Å². The summed E-state index contributed by atoms with van der Waals surface area (Å²) in [7, 11) is 0. The molecule has 1 heterocycles. The third-order valence-electron chi connectivity index (χ3n) is 4.95. The number of nitro groups is 1. The maximum Gasteiger partial charge on any atom is 0.282 e. The average molecular weight is 442 g/mol. The number of anilines is 1. The van der Waals surface area contributed by atoms with Gasteiger partial charge in [-0.15, -0.1) is 0 Å². The minimum Gasteiger partial charge on any atom is -0.457 e. The van der Waals surface area contributed by atoms with Gasteiger partial charge < -0.3 is 10.1 Å². The Morgan fingerprint density at radius 3 is 2.69 bits per heavy atom. The van der Waals surface area contributed by atoms with E-state index in [9.17, 15) is 23.7 Å². The van der Waals surface area contributed by atoms with Gasteiger partial charge in [0.25, 0.3) is 12.1 Å². The maximum atomic E-state index is 13.0. The van der Waals surface area contributed by atoms with Crippen molar-refractivity contribution in [2.24, 2.45) is 0 Å². The first-order chi connectivity index (χ1) is 15.3. The van der Waals surface area contributed by atoms with Crippen molar-refractivity contribution in [1.82, 2.24) is 9.78 Å². The lowest BCUT2D eigenvalue weighted by Gasteiger charge is -2.11. The molecule has 1 amide bonds. The molecular formula is C22H20F2N4O4. The molecule has 2 aromatic carbocycles. The highest BCUT2D eigenvalue weighted by Gasteiger charge is 2.30. The Morgan fingerprint density at radius 1 is 1.25 bits per heavy atom. The van der Waals surface area contributed by atoms with Crippen LogP contribution >= 0.6 is 0 Å². The first-order valence-electron chi connectivity index (χ1n) is 9.98. The highest BCUT2D eigenvalue weighted by Crippen LogP contribution is 2.41. The van der Waals surface area contributed by atoms with E-state index in [2.05, 4.69) is 10.4 Å². The fourth-order valence-electron chi connectivity index (χ4n) is 3.36. The van der Waals surface area contributed by atoms with E-state index >= 15 is 0 Å². The van der Waals surface area contributed by atoms with Crippen LogP contribution in [-0.4, -0.2) is 20.6 Å². The van der Waals surface area contributed by atoms with Gasteiger partial charge in [-0.1, -0.05) is 12.1 Å². The molecule has 0 saturated heterocycles. The number of aromatic nitrogens is 2. The largest absolute Gasteiger partial charge is 0.457 e. The summed E-state index contributed by atoms with van der Waals surface area (Å²) in [5, 5.41) is 17.8. The minimum atomic E-state index is -2.73. The van der Waals surface area contributed by atoms with Gasteiger partial charge in [-0.2, -0.15) is 5.10 Å². The van der Waals surface area contributed by atoms with E-state index < -0.39 is 17.3 Å². The van der Waals surface area contributed by atoms with E-state index in [1.165, 1.54) is 28.9 Å². The summed E-state index contributed by atoms with van der Waals surface area (Å²) in [4.78, 5) is 23.3. The molecule has 0 radical (unpaired) electrons. The highest BCUT2D eigenvalue weighted by molar-refractivity contribution is 5.91. The number of hydrogen-bond donors (Lipinski definition) is 1. The van der Waals surface area contributed by atoms with Crippen molar-refractivity contribution in [1.29, 1.82) is 0 Å².